The van der Waals surface area contributed by atoms with Gasteiger partial charge in [-0.1, -0.05) is 74.1 Å². The zero-order valence-corrected chi connectivity index (χ0v) is 51.8. The van der Waals surface area contributed by atoms with Crippen LogP contribution in [0.5, 0.6) is 11.8 Å². The number of aliphatic hydroxyl groups is 1. The van der Waals surface area contributed by atoms with Crippen molar-refractivity contribution < 1.29 is 52.4 Å². The molecule has 3 amide bonds. The number of amides is 3. The Kier molecular flexibility index (Phi) is 21.7. The molecule has 7 heterocycles. The molecule has 0 saturated carbocycles. The van der Waals surface area contributed by atoms with Gasteiger partial charge in [0.15, 0.2) is 0 Å². The summed E-state index contributed by atoms with van der Waals surface area (Å²) in [5, 5.41) is 29.8. The average molecular weight is 1220 g/mol. The summed E-state index contributed by atoms with van der Waals surface area (Å²) in [5.74, 6) is 0.205. The van der Waals surface area contributed by atoms with Crippen molar-refractivity contribution in [1.82, 2.24) is 40.1 Å². The van der Waals surface area contributed by atoms with E-state index in [4.69, 9.17) is 42.9 Å². The van der Waals surface area contributed by atoms with Crippen molar-refractivity contribution in [2.75, 3.05) is 116 Å². The predicted molar refractivity (Wildman–Crippen MR) is 332 cm³/mol. The maximum absolute atomic E-state index is 14.0. The number of β-amino-alcohol motifs (C(OH)–C–C–N with tert-alkyl or cyclic N) is 1. The second-order valence-corrected chi connectivity index (χ2v) is 24.1. The number of fused-ring (bicyclic) bond motifs is 2. The molecule has 0 aliphatic carbocycles. The number of anilines is 2. The van der Waals surface area contributed by atoms with Crippen molar-refractivity contribution in [2.45, 2.75) is 103 Å². The van der Waals surface area contributed by atoms with Gasteiger partial charge in [-0.15, -0.1) is 11.3 Å². The monoisotopic (exact) mass is 1220 g/mol. The van der Waals surface area contributed by atoms with E-state index in [9.17, 15) is 24.8 Å². The van der Waals surface area contributed by atoms with Crippen molar-refractivity contribution >= 4 is 51.3 Å². The number of aryl methyl sites for hydroxylation is 2. The predicted octanol–water partition coefficient (Wildman–Crippen LogP) is 6.65. The summed E-state index contributed by atoms with van der Waals surface area (Å²) in [4.78, 5) is 66.2. The van der Waals surface area contributed by atoms with Crippen LogP contribution in [0.3, 0.4) is 0 Å². The van der Waals surface area contributed by atoms with E-state index in [0.29, 0.717) is 102 Å². The molecule has 0 radical (unpaired) electrons. The van der Waals surface area contributed by atoms with E-state index >= 15 is 0 Å². The van der Waals surface area contributed by atoms with Gasteiger partial charge in [0.05, 0.1) is 111 Å². The van der Waals surface area contributed by atoms with Gasteiger partial charge in [-0.05, 0) is 68.8 Å². The molecule has 0 bridgehead atoms. The number of nitriles is 1. The number of piperazine rings is 1. The Balaban J connectivity index is 0.643. The smallest absolute Gasteiger partial charge is 0.318 e. The SMILES string of the molecule is C=CC(=O)N1CCN(c2nc(OC[C@@H]3C[C@@H](OCCOCCOCCOCCOc4cc(-c5scnc5C)ccc4CNC(=O)[C@@H]4C[C@@H](O)CN4C(=O)[C@@H](c4cc(C)no4)C(C)C)CN3C)nc3c2CCN(c2cccc4ccccc24)C3)C[C@@H]1CC#N. The largest absolute Gasteiger partial charge is 0.491 e. The van der Waals surface area contributed by atoms with Crippen LogP contribution >= 0.6 is 11.3 Å². The third-order valence-corrected chi connectivity index (χ3v) is 17.8. The number of thiazole rings is 1. The first-order chi connectivity index (χ1) is 42.8. The highest BCUT2D eigenvalue weighted by Gasteiger charge is 2.43. The van der Waals surface area contributed by atoms with Crippen molar-refractivity contribution in [1.29, 1.82) is 5.26 Å². The molecule has 6 atom stereocenters. The number of aromatic nitrogens is 4. The number of nitrogens with one attached hydrogen (secondary N) is 1. The van der Waals surface area contributed by atoms with Gasteiger partial charge < -0.3 is 63.0 Å². The molecule has 3 aromatic heterocycles. The molecule has 4 aliphatic heterocycles. The lowest BCUT2D eigenvalue weighted by Gasteiger charge is -2.42. The number of rotatable bonds is 28. The van der Waals surface area contributed by atoms with Crippen LogP contribution in [0, 0.1) is 31.1 Å². The first-order valence-electron chi connectivity index (χ1n) is 30.5. The van der Waals surface area contributed by atoms with E-state index in [1.165, 1.54) is 33.1 Å². The number of likely N-dealkylation sites (tertiary alicyclic amines) is 2. The van der Waals surface area contributed by atoms with Crippen molar-refractivity contribution in [2.24, 2.45) is 5.92 Å². The minimum absolute atomic E-state index is 0.00116. The van der Waals surface area contributed by atoms with E-state index in [-0.39, 0.29) is 74.4 Å². The fraction of sp³-hybridized carbons (Fsp3) is 0.508. The number of carbonyl (C=O) groups is 3. The standard InChI is InChI=1S/C65H81N11O11S/c1-7-59(78)75-22-21-74(36-48(75)17-19-66)62-53-18-20-73(55-14-10-12-45-11-8-9-13-52(45)55)39-54(53)69-65(70-62)86-40-49-33-51(38-72(49)6)84-29-27-82-25-23-81-24-26-83-28-30-85-57-32-46(61-44(5)68-41-88-61)15-16-47(57)35-67-63(79)56-34-50(77)37-76(56)64(80)60(42(2)3)58-31-43(4)71-87-58/h7-16,31-32,41-42,48-51,56,60,77H,1,17-18,20-30,33-40H2,2-6H3,(H,67,79)/t48-,49-,50+,51+,56-,60+/m0/s1. The van der Waals surface area contributed by atoms with Crippen LogP contribution in [0.1, 0.15) is 73.0 Å². The van der Waals surface area contributed by atoms with Crippen LogP contribution in [0.15, 0.2) is 89.4 Å². The van der Waals surface area contributed by atoms with Crippen molar-refractivity contribution in [3.8, 4) is 28.3 Å². The molecule has 2 N–H and O–H groups in total. The highest BCUT2D eigenvalue weighted by Crippen LogP contribution is 2.37. The van der Waals surface area contributed by atoms with Gasteiger partial charge in [0, 0.05) is 86.5 Å². The number of carbonyl (C=O) groups excluding carboxylic acids is 3. The number of likely N-dealkylation sites (N-methyl/N-ethyl adjacent to an activating group) is 1. The summed E-state index contributed by atoms with van der Waals surface area (Å²) in [5.41, 5.74) is 8.17. The van der Waals surface area contributed by atoms with Crippen LogP contribution in [-0.2, 0) is 52.8 Å². The van der Waals surface area contributed by atoms with Crippen molar-refractivity contribution in [3.63, 3.8) is 0 Å². The Morgan fingerprint density at radius 3 is 2.39 bits per heavy atom. The van der Waals surface area contributed by atoms with Crippen LogP contribution < -0.4 is 24.6 Å². The third-order valence-electron chi connectivity index (χ3n) is 16.8. The summed E-state index contributed by atoms with van der Waals surface area (Å²) in [6.07, 6.45) is 2.30. The third kappa shape index (κ3) is 15.5. The molecule has 4 aliphatic rings. The molecule has 468 valence electrons. The molecule has 0 spiro atoms. The molecular formula is C65H81N11O11S. The lowest BCUT2D eigenvalue weighted by Crippen LogP contribution is -2.55. The number of aliphatic hydroxyl groups excluding tert-OH is 1. The summed E-state index contributed by atoms with van der Waals surface area (Å²) in [6.45, 7) is 18.4. The summed E-state index contributed by atoms with van der Waals surface area (Å²) >= 11 is 1.53. The van der Waals surface area contributed by atoms with Crippen LogP contribution in [0.25, 0.3) is 21.2 Å². The summed E-state index contributed by atoms with van der Waals surface area (Å²) in [7, 11) is 2.07. The van der Waals surface area contributed by atoms with E-state index in [1.807, 2.05) is 39.0 Å². The van der Waals surface area contributed by atoms with Gasteiger partial charge in [0.25, 0.3) is 0 Å². The van der Waals surface area contributed by atoms with E-state index in [2.05, 4.69) is 92.3 Å². The maximum atomic E-state index is 14.0. The van der Waals surface area contributed by atoms with Gasteiger partial charge in [-0.25, -0.2) is 4.98 Å². The number of nitrogens with zero attached hydrogens (tertiary/aromatic N) is 10. The number of hydrogen-bond acceptors (Lipinski definition) is 20. The molecule has 88 heavy (non-hydrogen) atoms. The zero-order valence-electron chi connectivity index (χ0n) is 51.0. The lowest BCUT2D eigenvalue weighted by molar-refractivity contribution is -0.141. The quantitative estimate of drug-likeness (QED) is 0.0386. The van der Waals surface area contributed by atoms with Crippen LogP contribution in [-0.4, -0.2) is 194 Å². The van der Waals surface area contributed by atoms with Gasteiger partial charge in [-0.2, -0.15) is 15.2 Å². The second kappa shape index (κ2) is 30.1. The fourth-order valence-corrected chi connectivity index (χ4v) is 13.1. The highest BCUT2D eigenvalue weighted by atomic mass is 32.1. The van der Waals surface area contributed by atoms with E-state index in [1.54, 1.807) is 23.4 Å². The molecule has 0 unspecified atom stereocenters. The molecule has 22 nitrogen and oxygen atoms in total. The van der Waals surface area contributed by atoms with Gasteiger partial charge in [0.2, 0.25) is 17.7 Å². The second-order valence-electron chi connectivity index (χ2n) is 23.2. The average Bonchev–Trinajstić information content (AvgIpc) is 1.90. The molecule has 3 saturated heterocycles. The van der Waals surface area contributed by atoms with Gasteiger partial charge in [0.1, 0.15) is 42.5 Å². The summed E-state index contributed by atoms with van der Waals surface area (Å²) in [6, 6.07) is 23.9. The minimum Gasteiger partial charge on any atom is -0.491 e. The Labute approximate surface area is 518 Å². The van der Waals surface area contributed by atoms with Crippen LogP contribution in [0.2, 0.25) is 0 Å². The van der Waals surface area contributed by atoms with Gasteiger partial charge >= 0.3 is 6.01 Å². The molecule has 23 heteroatoms. The number of hydrogen-bond donors (Lipinski definition) is 2. The van der Waals surface area contributed by atoms with Crippen LogP contribution in [0.4, 0.5) is 11.5 Å². The first-order valence-corrected chi connectivity index (χ1v) is 31.4. The fourth-order valence-electron chi connectivity index (χ4n) is 12.3. The summed E-state index contributed by atoms with van der Waals surface area (Å²) < 4.78 is 42.0. The zero-order chi connectivity index (χ0) is 61.7. The molecular weight excluding hydrogens is 1140 g/mol. The first kappa shape index (κ1) is 63.5. The topological polar surface area (TPSA) is 244 Å². The Bertz CT molecular complexity index is 3400. The molecule has 10 rings (SSSR count). The van der Waals surface area contributed by atoms with E-state index < -0.39 is 18.1 Å². The Hall–Kier alpha value is -7.56. The number of ether oxygens (including phenoxy) is 6. The lowest BCUT2D eigenvalue weighted by atomic mass is 9.91. The van der Waals surface area contributed by atoms with E-state index in [0.717, 1.165) is 70.4 Å². The number of benzene rings is 3. The van der Waals surface area contributed by atoms with Crippen molar-refractivity contribution in [3.05, 3.63) is 119 Å². The Morgan fingerprint density at radius 1 is 0.875 bits per heavy atom. The molecule has 3 aromatic carbocycles. The highest BCUT2D eigenvalue weighted by molar-refractivity contribution is 7.13. The van der Waals surface area contributed by atoms with Gasteiger partial charge in [-0.3, -0.25) is 19.3 Å². The molecule has 6 aromatic rings. The Morgan fingerprint density at radius 2 is 1.65 bits per heavy atom. The minimum atomic E-state index is -0.860. The maximum Gasteiger partial charge on any atom is 0.318 e. The molecule has 3 fully saturated rings. The normalized spacial score (nSPS) is 19.9.